The summed E-state index contributed by atoms with van der Waals surface area (Å²) in [5.41, 5.74) is 0.675. The van der Waals surface area contributed by atoms with E-state index >= 15 is 0 Å². The zero-order chi connectivity index (χ0) is 12.2. The third-order valence-electron chi connectivity index (χ3n) is 2.11. The highest BCUT2D eigenvalue weighted by Crippen LogP contribution is 2.06. The summed E-state index contributed by atoms with van der Waals surface area (Å²) in [5.74, 6) is 0.173. The fraction of sp³-hybridized carbons (Fsp3) is 0.667. The van der Waals surface area contributed by atoms with Gasteiger partial charge in [0.1, 0.15) is 5.75 Å². The lowest BCUT2D eigenvalue weighted by atomic mass is 10.4. The molecule has 0 aromatic carbocycles. The summed E-state index contributed by atoms with van der Waals surface area (Å²) in [6, 6.07) is 1.70. The molecule has 1 unspecified atom stereocenters. The Hall–Kier alpha value is -0.920. The Bertz CT molecular complexity index is 427. The maximum atomic E-state index is 11.6. The Morgan fingerprint density at radius 1 is 1.56 bits per heavy atom. The summed E-state index contributed by atoms with van der Waals surface area (Å²) in [7, 11) is -1.57. The van der Waals surface area contributed by atoms with E-state index in [1.54, 1.807) is 20.0 Å². The van der Waals surface area contributed by atoms with Crippen molar-refractivity contribution in [3.63, 3.8) is 0 Å². The number of nitrogens with zero attached hydrogens (tertiary/aromatic N) is 1. The van der Waals surface area contributed by atoms with Gasteiger partial charge in [-0.3, -0.25) is 0 Å². The molecule has 2 N–H and O–H groups in total. The zero-order valence-corrected chi connectivity index (χ0v) is 10.5. The number of aromatic nitrogens is 1. The van der Waals surface area contributed by atoms with Crippen molar-refractivity contribution in [1.82, 2.24) is 15.2 Å². The summed E-state index contributed by atoms with van der Waals surface area (Å²) in [5, 5.41) is 6.58. The number of hydrogen-bond donors (Lipinski definition) is 2. The quantitative estimate of drug-likeness (QED) is 0.740. The van der Waals surface area contributed by atoms with Gasteiger partial charge in [-0.25, -0.2) is 13.1 Å². The van der Waals surface area contributed by atoms with Crippen LogP contribution in [-0.4, -0.2) is 33.2 Å². The number of sulfonamides is 1. The Morgan fingerprint density at radius 3 is 2.75 bits per heavy atom. The van der Waals surface area contributed by atoms with Crippen molar-refractivity contribution in [1.29, 1.82) is 0 Å². The van der Waals surface area contributed by atoms with Crippen LogP contribution in [0, 0.1) is 6.92 Å². The first-order valence-electron chi connectivity index (χ1n) is 5.00. The second-order valence-electron chi connectivity index (χ2n) is 3.73. The fourth-order valence-electron chi connectivity index (χ4n) is 1.08. The van der Waals surface area contributed by atoms with Gasteiger partial charge in [0, 0.05) is 18.7 Å². The molecule has 0 aliphatic carbocycles. The van der Waals surface area contributed by atoms with E-state index in [-0.39, 0.29) is 11.8 Å². The molecule has 0 saturated heterocycles. The molecule has 0 spiro atoms. The van der Waals surface area contributed by atoms with Crippen LogP contribution in [0.25, 0.3) is 0 Å². The fourth-order valence-corrected chi connectivity index (χ4v) is 2.19. The molecule has 16 heavy (non-hydrogen) atoms. The first-order valence-corrected chi connectivity index (χ1v) is 6.65. The second-order valence-corrected chi connectivity index (χ2v) is 5.54. The zero-order valence-electron chi connectivity index (χ0n) is 9.65. The van der Waals surface area contributed by atoms with E-state index in [4.69, 9.17) is 4.52 Å². The van der Waals surface area contributed by atoms with E-state index in [9.17, 15) is 8.42 Å². The Balaban J connectivity index is 2.52. The van der Waals surface area contributed by atoms with Gasteiger partial charge in [0.05, 0.1) is 5.69 Å². The van der Waals surface area contributed by atoms with Crippen LogP contribution >= 0.6 is 0 Å². The Labute approximate surface area is 95.4 Å². The molecule has 1 rings (SSSR count). The van der Waals surface area contributed by atoms with E-state index in [0.717, 1.165) is 0 Å². The van der Waals surface area contributed by atoms with Crippen LogP contribution in [0.15, 0.2) is 10.6 Å². The van der Waals surface area contributed by atoms with E-state index in [2.05, 4.69) is 15.2 Å². The SMILES string of the molecule is CNC(C)CNS(=O)(=O)Cc1cc(C)no1. The van der Waals surface area contributed by atoms with Gasteiger partial charge >= 0.3 is 0 Å². The first kappa shape index (κ1) is 13.1. The molecule has 92 valence electrons. The van der Waals surface area contributed by atoms with Crippen LogP contribution in [-0.2, 0) is 15.8 Å². The van der Waals surface area contributed by atoms with Gasteiger partial charge < -0.3 is 9.84 Å². The minimum Gasteiger partial charge on any atom is -0.360 e. The van der Waals surface area contributed by atoms with Crippen LogP contribution < -0.4 is 10.0 Å². The van der Waals surface area contributed by atoms with Crippen molar-refractivity contribution >= 4 is 10.0 Å². The number of nitrogens with one attached hydrogen (secondary N) is 2. The van der Waals surface area contributed by atoms with Crippen molar-refractivity contribution in [2.45, 2.75) is 25.6 Å². The highest BCUT2D eigenvalue weighted by molar-refractivity contribution is 7.88. The topological polar surface area (TPSA) is 84.2 Å². The van der Waals surface area contributed by atoms with Crippen molar-refractivity contribution in [3.8, 4) is 0 Å². The van der Waals surface area contributed by atoms with Gasteiger partial charge in [0.2, 0.25) is 10.0 Å². The Morgan fingerprint density at radius 2 is 2.25 bits per heavy atom. The first-order chi connectivity index (χ1) is 7.43. The molecule has 0 aliphatic heterocycles. The normalized spacial score (nSPS) is 13.9. The molecule has 7 heteroatoms. The monoisotopic (exact) mass is 247 g/mol. The molecule has 0 fully saturated rings. The Kier molecular flexibility index (Phi) is 4.45. The number of likely N-dealkylation sites (N-methyl/N-ethyl adjacent to an activating group) is 1. The van der Waals surface area contributed by atoms with Gasteiger partial charge in [0.15, 0.2) is 5.76 Å². The van der Waals surface area contributed by atoms with Crippen molar-refractivity contribution < 1.29 is 12.9 Å². The maximum Gasteiger partial charge on any atom is 0.219 e. The van der Waals surface area contributed by atoms with Gasteiger partial charge in [-0.05, 0) is 20.9 Å². The highest BCUT2D eigenvalue weighted by Gasteiger charge is 2.15. The lowest BCUT2D eigenvalue weighted by molar-refractivity contribution is 0.388. The van der Waals surface area contributed by atoms with Crippen LogP contribution in [0.3, 0.4) is 0 Å². The maximum absolute atomic E-state index is 11.6. The smallest absolute Gasteiger partial charge is 0.219 e. The summed E-state index contributed by atoms with van der Waals surface area (Å²) >= 11 is 0. The van der Waals surface area contributed by atoms with Crippen LogP contribution in [0.1, 0.15) is 18.4 Å². The molecule has 0 saturated carbocycles. The summed E-state index contributed by atoms with van der Waals surface area (Å²) < 4.78 is 30.5. The predicted octanol–water partition coefficient (Wildman–Crippen LogP) is 0.0103. The average Bonchev–Trinajstić information content (AvgIpc) is 2.59. The van der Waals surface area contributed by atoms with Gasteiger partial charge in [-0.2, -0.15) is 0 Å². The number of hydrogen-bond acceptors (Lipinski definition) is 5. The van der Waals surface area contributed by atoms with E-state index in [0.29, 0.717) is 18.0 Å². The van der Waals surface area contributed by atoms with Crippen LogP contribution in [0.4, 0.5) is 0 Å². The molecule has 6 nitrogen and oxygen atoms in total. The van der Waals surface area contributed by atoms with Crippen molar-refractivity contribution in [2.24, 2.45) is 0 Å². The van der Waals surface area contributed by atoms with Crippen molar-refractivity contribution in [2.75, 3.05) is 13.6 Å². The summed E-state index contributed by atoms with van der Waals surface area (Å²) in [6.07, 6.45) is 0. The largest absolute Gasteiger partial charge is 0.360 e. The molecule has 1 aromatic heterocycles. The van der Waals surface area contributed by atoms with Gasteiger partial charge in [-0.1, -0.05) is 5.16 Å². The van der Waals surface area contributed by atoms with E-state index in [1.807, 2.05) is 6.92 Å². The van der Waals surface area contributed by atoms with Gasteiger partial charge in [-0.15, -0.1) is 0 Å². The minimum atomic E-state index is -3.35. The summed E-state index contributed by atoms with van der Waals surface area (Å²) in [6.45, 7) is 3.99. The molecule has 1 heterocycles. The minimum absolute atomic E-state index is 0.0891. The van der Waals surface area contributed by atoms with Gasteiger partial charge in [0.25, 0.3) is 0 Å². The van der Waals surface area contributed by atoms with Crippen LogP contribution in [0.2, 0.25) is 0 Å². The lowest BCUT2D eigenvalue weighted by Crippen LogP contribution is -2.37. The summed E-state index contributed by atoms with van der Waals surface area (Å²) in [4.78, 5) is 0. The van der Waals surface area contributed by atoms with Crippen molar-refractivity contribution in [3.05, 3.63) is 17.5 Å². The molecule has 0 bridgehead atoms. The molecular weight excluding hydrogens is 230 g/mol. The third-order valence-corrected chi connectivity index (χ3v) is 3.38. The van der Waals surface area contributed by atoms with E-state index in [1.165, 1.54) is 0 Å². The third kappa shape index (κ3) is 4.30. The predicted molar refractivity (Wildman–Crippen MR) is 60.4 cm³/mol. The highest BCUT2D eigenvalue weighted by atomic mass is 32.2. The average molecular weight is 247 g/mol. The lowest BCUT2D eigenvalue weighted by Gasteiger charge is -2.10. The second kappa shape index (κ2) is 5.42. The molecule has 1 atom stereocenters. The molecular formula is C9H17N3O3S. The molecule has 1 aromatic rings. The molecule has 0 amide bonds. The standard InChI is InChI=1S/C9H17N3O3S/c1-7-4-9(15-12-7)6-16(13,14)11-5-8(2)10-3/h4,8,10-11H,5-6H2,1-3H3. The molecule has 0 radical (unpaired) electrons. The number of aryl methyl sites for hydroxylation is 1. The number of rotatable bonds is 6. The molecule has 0 aliphatic rings. The van der Waals surface area contributed by atoms with Crippen LogP contribution in [0.5, 0.6) is 0 Å². The van der Waals surface area contributed by atoms with E-state index < -0.39 is 10.0 Å².